The minimum absolute atomic E-state index is 0.0694. The average Bonchev–Trinajstić information content (AvgIpc) is 2.41. The van der Waals surface area contributed by atoms with Crippen LogP contribution in [0.4, 0.5) is 4.39 Å². The Balaban J connectivity index is 2.25. The van der Waals surface area contributed by atoms with Gasteiger partial charge in [-0.25, -0.2) is 4.39 Å². The summed E-state index contributed by atoms with van der Waals surface area (Å²) in [5, 5.41) is 0. The van der Waals surface area contributed by atoms with Crippen LogP contribution in [0.5, 0.6) is 0 Å². The molecule has 2 unspecified atom stereocenters. The fourth-order valence-corrected chi connectivity index (χ4v) is 2.66. The molecular formula is C15H21FN2O. The maximum absolute atomic E-state index is 13.0. The van der Waals surface area contributed by atoms with E-state index in [2.05, 4.69) is 6.92 Å². The molecule has 3 nitrogen and oxygen atoms in total. The molecule has 1 aromatic carbocycles. The molecule has 0 aromatic heterocycles. The van der Waals surface area contributed by atoms with Crippen LogP contribution in [-0.4, -0.2) is 23.4 Å². The molecule has 4 heteroatoms. The zero-order valence-electron chi connectivity index (χ0n) is 11.3. The van der Waals surface area contributed by atoms with Crippen molar-refractivity contribution in [2.75, 3.05) is 6.54 Å². The maximum atomic E-state index is 13.0. The van der Waals surface area contributed by atoms with Crippen molar-refractivity contribution in [3.05, 3.63) is 35.6 Å². The Bertz CT molecular complexity index is 432. The van der Waals surface area contributed by atoms with Crippen molar-refractivity contribution < 1.29 is 9.18 Å². The van der Waals surface area contributed by atoms with E-state index >= 15 is 0 Å². The van der Waals surface area contributed by atoms with E-state index in [1.54, 1.807) is 12.1 Å². The van der Waals surface area contributed by atoms with Gasteiger partial charge >= 0.3 is 0 Å². The number of benzene rings is 1. The summed E-state index contributed by atoms with van der Waals surface area (Å²) in [4.78, 5) is 14.0. The summed E-state index contributed by atoms with van der Waals surface area (Å²) in [6.45, 7) is 2.83. The third kappa shape index (κ3) is 3.13. The van der Waals surface area contributed by atoms with Crippen LogP contribution in [0.1, 0.15) is 44.2 Å². The van der Waals surface area contributed by atoms with Crippen molar-refractivity contribution in [1.29, 1.82) is 0 Å². The van der Waals surface area contributed by atoms with Gasteiger partial charge in [-0.05, 0) is 30.5 Å². The second-order valence-electron chi connectivity index (χ2n) is 5.14. The Labute approximate surface area is 113 Å². The number of likely N-dealkylation sites (tertiary alicyclic amines) is 1. The summed E-state index contributed by atoms with van der Waals surface area (Å²) in [6, 6.07) is 6.14. The molecule has 1 saturated heterocycles. The number of hydrogen-bond acceptors (Lipinski definition) is 2. The zero-order valence-corrected chi connectivity index (χ0v) is 11.3. The minimum atomic E-state index is -0.264. The summed E-state index contributed by atoms with van der Waals surface area (Å²) < 4.78 is 13.0. The van der Waals surface area contributed by atoms with Crippen LogP contribution in [0.3, 0.4) is 0 Å². The van der Waals surface area contributed by atoms with Gasteiger partial charge in [-0.3, -0.25) is 4.79 Å². The van der Waals surface area contributed by atoms with Gasteiger partial charge in [0, 0.05) is 19.0 Å². The van der Waals surface area contributed by atoms with Crippen molar-refractivity contribution >= 4 is 5.91 Å². The molecule has 0 bridgehead atoms. The topological polar surface area (TPSA) is 46.3 Å². The molecule has 1 aliphatic rings. The van der Waals surface area contributed by atoms with E-state index in [4.69, 9.17) is 5.73 Å². The molecule has 1 aliphatic heterocycles. The van der Waals surface area contributed by atoms with Gasteiger partial charge in [0.25, 0.3) is 0 Å². The van der Waals surface area contributed by atoms with Crippen molar-refractivity contribution in [3.8, 4) is 0 Å². The monoisotopic (exact) mass is 264 g/mol. The van der Waals surface area contributed by atoms with Crippen LogP contribution < -0.4 is 5.73 Å². The second-order valence-corrected chi connectivity index (χ2v) is 5.14. The molecule has 0 radical (unpaired) electrons. The smallest absolute Gasteiger partial charge is 0.223 e. The quantitative estimate of drug-likeness (QED) is 0.908. The van der Waals surface area contributed by atoms with E-state index in [1.807, 2.05) is 4.90 Å². The minimum Gasteiger partial charge on any atom is -0.334 e. The Hall–Kier alpha value is -1.42. The molecule has 0 spiro atoms. The fourth-order valence-electron chi connectivity index (χ4n) is 2.66. The van der Waals surface area contributed by atoms with Crippen molar-refractivity contribution in [1.82, 2.24) is 4.90 Å². The van der Waals surface area contributed by atoms with Crippen LogP contribution in [-0.2, 0) is 4.79 Å². The summed E-state index contributed by atoms with van der Waals surface area (Å²) in [5.74, 6) is -0.107. The molecule has 1 heterocycles. The predicted molar refractivity (Wildman–Crippen MR) is 73.0 cm³/mol. The lowest BCUT2D eigenvalue weighted by atomic mass is 9.90. The molecule has 0 saturated carbocycles. The standard InChI is InChI=1S/C15H21FN2O/c1-2-3-10-18-14(19)9-8-13(17)15(18)11-4-6-12(16)7-5-11/h4-7,13,15H,2-3,8-10,17H2,1H3. The van der Waals surface area contributed by atoms with Gasteiger partial charge in [-0.2, -0.15) is 0 Å². The number of nitrogens with zero attached hydrogens (tertiary/aromatic N) is 1. The predicted octanol–water partition coefficient (Wildman–Crippen LogP) is 2.62. The van der Waals surface area contributed by atoms with Crippen LogP contribution in [0.25, 0.3) is 0 Å². The Kier molecular flexibility index (Phi) is 4.53. The van der Waals surface area contributed by atoms with E-state index in [0.29, 0.717) is 12.8 Å². The maximum Gasteiger partial charge on any atom is 0.223 e. The number of halogens is 1. The number of piperidine rings is 1. The summed E-state index contributed by atoms with van der Waals surface area (Å²) in [6.07, 6.45) is 3.22. The third-order valence-electron chi connectivity index (χ3n) is 3.72. The molecule has 104 valence electrons. The number of carbonyl (C=O) groups is 1. The summed E-state index contributed by atoms with van der Waals surface area (Å²) >= 11 is 0. The van der Waals surface area contributed by atoms with Crippen LogP contribution in [0.2, 0.25) is 0 Å². The normalized spacial score (nSPS) is 23.7. The SMILES string of the molecule is CCCCN1C(=O)CCC(N)C1c1ccc(F)cc1. The van der Waals surface area contributed by atoms with Gasteiger partial charge in [0.05, 0.1) is 6.04 Å². The lowest BCUT2D eigenvalue weighted by molar-refractivity contribution is -0.137. The summed E-state index contributed by atoms with van der Waals surface area (Å²) in [7, 11) is 0. The molecule has 2 N–H and O–H groups in total. The van der Waals surface area contributed by atoms with Gasteiger partial charge in [-0.1, -0.05) is 25.5 Å². The highest BCUT2D eigenvalue weighted by Crippen LogP contribution is 2.31. The van der Waals surface area contributed by atoms with Gasteiger partial charge in [0.1, 0.15) is 5.82 Å². The molecule has 2 rings (SSSR count). The fraction of sp³-hybridized carbons (Fsp3) is 0.533. The molecule has 1 amide bonds. The third-order valence-corrected chi connectivity index (χ3v) is 3.72. The van der Waals surface area contributed by atoms with Gasteiger partial charge in [-0.15, -0.1) is 0 Å². The largest absolute Gasteiger partial charge is 0.334 e. The van der Waals surface area contributed by atoms with Gasteiger partial charge in [0.2, 0.25) is 5.91 Å². The molecule has 1 fully saturated rings. The highest BCUT2D eigenvalue weighted by Gasteiger charge is 2.34. The number of carbonyl (C=O) groups excluding carboxylic acids is 1. The number of rotatable bonds is 4. The lowest BCUT2D eigenvalue weighted by Crippen LogP contribution is -2.49. The Morgan fingerprint density at radius 2 is 2.05 bits per heavy atom. The van der Waals surface area contributed by atoms with E-state index < -0.39 is 0 Å². The molecule has 0 aliphatic carbocycles. The highest BCUT2D eigenvalue weighted by atomic mass is 19.1. The highest BCUT2D eigenvalue weighted by molar-refractivity contribution is 5.78. The number of amides is 1. The summed E-state index contributed by atoms with van der Waals surface area (Å²) in [5.41, 5.74) is 7.11. The molecule has 2 atom stereocenters. The zero-order chi connectivity index (χ0) is 13.8. The number of unbranched alkanes of at least 4 members (excludes halogenated alkanes) is 1. The second kappa shape index (κ2) is 6.15. The van der Waals surface area contributed by atoms with Crippen molar-refractivity contribution in [2.24, 2.45) is 5.73 Å². The number of hydrogen-bond donors (Lipinski definition) is 1. The molecular weight excluding hydrogens is 243 g/mol. The number of nitrogens with two attached hydrogens (primary N) is 1. The first kappa shape index (κ1) is 14.0. The van der Waals surface area contributed by atoms with Crippen LogP contribution in [0.15, 0.2) is 24.3 Å². The first-order chi connectivity index (χ1) is 9.13. The average molecular weight is 264 g/mol. The lowest BCUT2D eigenvalue weighted by Gasteiger charge is -2.40. The van der Waals surface area contributed by atoms with Gasteiger partial charge in [0.15, 0.2) is 0 Å². The Morgan fingerprint density at radius 3 is 2.68 bits per heavy atom. The van der Waals surface area contributed by atoms with E-state index in [0.717, 1.165) is 24.9 Å². The van der Waals surface area contributed by atoms with E-state index in [9.17, 15) is 9.18 Å². The van der Waals surface area contributed by atoms with Crippen LogP contribution >= 0.6 is 0 Å². The molecule has 19 heavy (non-hydrogen) atoms. The first-order valence-electron chi connectivity index (χ1n) is 6.94. The van der Waals surface area contributed by atoms with Crippen LogP contribution in [0, 0.1) is 5.82 Å². The van der Waals surface area contributed by atoms with Crippen molar-refractivity contribution in [2.45, 2.75) is 44.7 Å². The Morgan fingerprint density at radius 1 is 1.37 bits per heavy atom. The van der Waals surface area contributed by atoms with E-state index in [-0.39, 0.29) is 23.8 Å². The first-order valence-corrected chi connectivity index (χ1v) is 6.94. The molecule has 1 aromatic rings. The van der Waals surface area contributed by atoms with Crippen molar-refractivity contribution in [3.63, 3.8) is 0 Å². The van der Waals surface area contributed by atoms with Gasteiger partial charge < -0.3 is 10.6 Å². The van der Waals surface area contributed by atoms with E-state index in [1.165, 1.54) is 12.1 Å².